The lowest BCUT2D eigenvalue weighted by Gasteiger charge is -2.29. The molecule has 0 spiro atoms. The SMILES string of the molecule is COc1cc2c(cc1CN1CCCCC(N(C)C)C1)OCCCO2. The minimum absolute atomic E-state index is 0.624. The molecule has 0 aliphatic carbocycles. The molecular formula is C19H30N2O3. The quantitative estimate of drug-likeness (QED) is 0.846. The third-order valence-electron chi connectivity index (χ3n) is 5.01. The smallest absolute Gasteiger partial charge is 0.164 e. The molecule has 0 aromatic heterocycles. The van der Waals surface area contributed by atoms with Crippen molar-refractivity contribution in [2.24, 2.45) is 0 Å². The summed E-state index contributed by atoms with van der Waals surface area (Å²) in [4.78, 5) is 4.89. The normalized spacial score (nSPS) is 22.1. The van der Waals surface area contributed by atoms with Crippen molar-refractivity contribution in [1.29, 1.82) is 0 Å². The molecule has 5 nitrogen and oxygen atoms in total. The van der Waals surface area contributed by atoms with Gasteiger partial charge in [0, 0.05) is 37.2 Å². The van der Waals surface area contributed by atoms with Crippen molar-refractivity contribution in [2.75, 3.05) is 47.5 Å². The number of benzene rings is 1. The van der Waals surface area contributed by atoms with Crippen molar-refractivity contribution in [1.82, 2.24) is 9.80 Å². The van der Waals surface area contributed by atoms with Crippen molar-refractivity contribution in [3.8, 4) is 17.2 Å². The molecule has 134 valence electrons. The summed E-state index contributed by atoms with van der Waals surface area (Å²) in [7, 11) is 6.10. The van der Waals surface area contributed by atoms with E-state index in [4.69, 9.17) is 14.2 Å². The Morgan fingerprint density at radius 3 is 2.58 bits per heavy atom. The van der Waals surface area contributed by atoms with Crippen LogP contribution in [0.3, 0.4) is 0 Å². The lowest BCUT2D eigenvalue weighted by Crippen LogP contribution is -2.38. The molecule has 0 radical (unpaired) electrons. The molecule has 3 rings (SSSR count). The Morgan fingerprint density at radius 2 is 1.88 bits per heavy atom. The molecule has 1 atom stereocenters. The van der Waals surface area contributed by atoms with Crippen LogP contribution in [-0.4, -0.2) is 63.4 Å². The van der Waals surface area contributed by atoms with E-state index in [-0.39, 0.29) is 0 Å². The number of fused-ring (bicyclic) bond motifs is 1. The van der Waals surface area contributed by atoms with Crippen LogP contribution in [0.15, 0.2) is 12.1 Å². The number of methoxy groups -OCH3 is 1. The van der Waals surface area contributed by atoms with Crippen LogP contribution in [-0.2, 0) is 6.54 Å². The Hall–Kier alpha value is -1.46. The molecule has 0 bridgehead atoms. The molecule has 1 fully saturated rings. The lowest BCUT2D eigenvalue weighted by atomic mass is 10.1. The van der Waals surface area contributed by atoms with Crippen LogP contribution in [0.1, 0.15) is 31.2 Å². The molecule has 0 saturated carbocycles. The number of likely N-dealkylation sites (N-methyl/N-ethyl adjacent to an activating group) is 1. The second kappa shape index (κ2) is 8.08. The van der Waals surface area contributed by atoms with E-state index in [1.807, 2.05) is 6.07 Å². The molecule has 2 aliphatic rings. The molecule has 1 saturated heterocycles. The number of ether oxygens (including phenoxy) is 3. The first kappa shape index (κ1) is 17.4. The Bertz CT molecular complexity index is 548. The molecule has 1 aromatic rings. The van der Waals surface area contributed by atoms with E-state index in [0.717, 1.165) is 43.3 Å². The highest BCUT2D eigenvalue weighted by atomic mass is 16.5. The van der Waals surface area contributed by atoms with Crippen molar-refractivity contribution >= 4 is 0 Å². The van der Waals surface area contributed by atoms with Gasteiger partial charge in [0.1, 0.15) is 5.75 Å². The van der Waals surface area contributed by atoms with Crippen LogP contribution < -0.4 is 14.2 Å². The molecular weight excluding hydrogens is 304 g/mol. The average molecular weight is 334 g/mol. The molecule has 0 amide bonds. The van der Waals surface area contributed by atoms with Gasteiger partial charge in [0.25, 0.3) is 0 Å². The van der Waals surface area contributed by atoms with E-state index in [2.05, 4.69) is 30.0 Å². The summed E-state index contributed by atoms with van der Waals surface area (Å²) in [5.74, 6) is 2.54. The Labute approximate surface area is 145 Å². The molecule has 1 unspecified atom stereocenters. The summed E-state index contributed by atoms with van der Waals surface area (Å²) in [6.45, 7) is 4.55. The van der Waals surface area contributed by atoms with Crippen LogP contribution in [0.25, 0.3) is 0 Å². The number of rotatable bonds is 4. The maximum Gasteiger partial charge on any atom is 0.164 e. The predicted octanol–water partition coefficient (Wildman–Crippen LogP) is 2.77. The van der Waals surface area contributed by atoms with Gasteiger partial charge < -0.3 is 19.1 Å². The third-order valence-corrected chi connectivity index (χ3v) is 5.01. The zero-order valence-corrected chi connectivity index (χ0v) is 15.2. The Morgan fingerprint density at radius 1 is 1.12 bits per heavy atom. The highest BCUT2D eigenvalue weighted by Gasteiger charge is 2.22. The molecule has 2 aliphatic heterocycles. The number of likely N-dealkylation sites (tertiary alicyclic amines) is 1. The monoisotopic (exact) mass is 334 g/mol. The van der Waals surface area contributed by atoms with E-state index in [1.165, 1.54) is 24.8 Å². The van der Waals surface area contributed by atoms with Crippen molar-refractivity contribution in [3.05, 3.63) is 17.7 Å². The van der Waals surface area contributed by atoms with E-state index < -0.39 is 0 Å². The number of nitrogens with zero attached hydrogens (tertiary/aromatic N) is 2. The van der Waals surface area contributed by atoms with Gasteiger partial charge in [-0.1, -0.05) is 6.42 Å². The molecule has 2 heterocycles. The zero-order valence-electron chi connectivity index (χ0n) is 15.2. The summed E-state index contributed by atoms with van der Waals surface area (Å²) in [6.07, 6.45) is 4.76. The highest BCUT2D eigenvalue weighted by molar-refractivity contribution is 5.51. The third kappa shape index (κ3) is 4.14. The summed E-state index contributed by atoms with van der Waals surface area (Å²) < 4.78 is 17.3. The average Bonchev–Trinajstić information content (AvgIpc) is 2.94. The summed E-state index contributed by atoms with van der Waals surface area (Å²) >= 11 is 0. The second-order valence-corrected chi connectivity index (χ2v) is 7.01. The van der Waals surface area contributed by atoms with Gasteiger partial charge in [-0.25, -0.2) is 0 Å². The first-order chi connectivity index (χ1) is 11.7. The summed E-state index contributed by atoms with van der Waals surface area (Å²) in [6, 6.07) is 4.71. The maximum absolute atomic E-state index is 5.85. The fourth-order valence-electron chi connectivity index (χ4n) is 3.55. The largest absolute Gasteiger partial charge is 0.496 e. The van der Waals surface area contributed by atoms with Gasteiger partial charge in [-0.05, 0) is 39.5 Å². The second-order valence-electron chi connectivity index (χ2n) is 7.01. The van der Waals surface area contributed by atoms with Gasteiger partial charge in [-0.2, -0.15) is 0 Å². The van der Waals surface area contributed by atoms with E-state index in [1.54, 1.807) is 7.11 Å². The van der Waals surface area contributed by atoms with E-state index in [9.17, 15) is 0 Å². The highest BCUT2D eigenvalue weighted by Crippen LogP contribution is 2.37. The zero-order chi connectivity index (χ0) is 16.9. The summed E-state index contributed by atoms with van der Waals surface area (Å²) in [5.41, 5.74) is 1.18. The molecule has 0 N–H and O–H groups in total. The van der Waals surface area contributed by atoms with Crippen LogP contribution in [0.2, 0.25) is 0 Å². The first-order valence-electron chi connectivity index (χ1n) is 9.02. The Balaban J connectivity index is 1.79. The summed E-state index contributed by atoms with van der Waals surface area (Å²) in [5, 5.41) is 0. The van der Waals surface area contributed by atoms with Gasteiger partial charge >= 0.3 is 0 Å². The molecule has 1 aromatic carbocycles. The van der Waals surface area contributed by atoms with Crippen LogP contribution in [0.5, 0.6) is 17.2 Å². The molecule has 5 heteroatoms. The van der Waals surface area contributed by atoms with Crippen molar-refractivity contribution in [3.63, 3.8) is 0 Å². The minimum atomic E-state index is 0.624. The standard InChI is InChI=1S/C19H30N2O3/c1-20(2)16-7-4-5-8-21(14-16)13-15-11-18-19(12-17(15)22-3)24-10-6-9-23-18/h11-12,16H,4-10,13-14H2,1-3H3. The van der Waals surface area contributed by atoms with Gasteiger partial charge in [0.15, 0.2) is 11.5 Å². The number of hydrogen-bond donors (Lipinski definition) is 0. The topological polar surface area (TPSA) is 34.2 Å². The maximum atomic E-state index is 5.85. The fourth-order valence-corrected chi connectivity index (χ4v) is 3.55. The first-order valence-corrected chi connectivity index (χ1v) is 9.02. The minimum Gasteiger partial charge on any atom is -0.496 e. The van der Waals surface area contributed by atoms with Crippen LogP contribution in [0, 0.1) is 0 Å². The lowest BCUT2D eigenvalue weighted by molar-refractivity contribution is 0.189. The van der Waals surface area contributed by atoms with Crippen molar-refractivity contribution < 1.29 is 14.2 Å². The fraction of sp³-hybridized carbons (Fsp3) is 0.684. The Kier molecular flexibility index (Phi) is 5.85. The number of hydrogen-bond acceptors (Lipinski definition) is 5. The van der Waals surface area contributed by atoms with Gasteiger partial charge in [0.05, 0.1) is 20.3 Å². The van der Waals surface area contributed by atoms with Crippen molar-refractivity contribution in [2.45, 2.75) is 38.3 Å². The van der Waals surface area contributed by atoms with Gasteiger partial charge in [-0.3, -0.25) is 4.90 Å². The van der Waals surface area contributed by atoms with Crippen LogP contribution in [0.4, 0.5) is 0 Å². The predicted molar refractivity (Wildman–Crippen MR) is 95.2 cm³/mol. The van der Waals surface area contributed by atoms with Gasteiger partial charge in [0.2, 0.25) is 0 Å². The van der Waals surface area contributed by atoms with E-state index >= 15 is 0 Å². The molecule has 24 heavy (non-hydrogen) atoms. The van der Waals surface area contributed by atoms with Gasteiger partial charge in [-0.15, -0.1) is 0 Å². The van der Waals surface area contributed by atoms with Crippen LogP contribution >= 0.6 is 0 Å². The van der Waals surface area contributed by atoms with E-state index in [0.29, 0.717) is 19.3 Å².